The molecule has 0 aliphatic carbocycles. The zero-order valence-electron chi connectivity index (χ0n) is 12.1. The first-order valence-electron chi connectivity index (χ1n) is 7.07. The van der Waals surface area contributed by atoms with Crippen LogP contribution in [0, 0.1) is 0 Å². The summed E-state index contributed by atoms with van der Waals surface area (Å²) < 4.78 is 11.2. The molecule has 4 heteroatoms. The number of alkyl halides is 1. The summed E-state index contributed by atoms with van der Waals surface area (Å²) in [6.45, 7) is 3.94. The largest absolute Gasteiger partial charge is 0.494 e. The van der Waals surface area contributed by atoms with E-state index in [0.717, 1.165) is 29.3 Å². The Bertz CT molecular complexity index is 546. The fourth-order valence-corrected chi connectivity index (χ4v) is 2.18. The second kappa shape index (κ2) is 8.42. The third kappa shape index (κ3) is 4.87. The van der Waals surface area contributed by atoms with E-state index < -0.39 is 0 Å². The van der Waals surface area contributed by atoms with E-state index in [1.165, 1.54) is 0 Å². The summed E-state index contributed by atoms with van der Waals surface area (Å²) in [4.78, 5) is 0. The predicted octanol–water partition coefficient (Wildman–Crippen LogP) is 4.32. The number of para-hydroxylation sites is 1. The molecule has 0 saturated heterocycles. The molecule has 0 aliphatic heterocycles. The summed E-state index contributed by atoms with van der Waals surface area (Å²) in [6.07, 6.45) is 0. The second-order valence-corrected chi connectivity index (χ2v) is 4.74. The molecule has 0 fully saturated rings. The molecule has 1 N–H and O–H groups in total. The van der Waals surface area contributed by atoms with Gasteiger partial charge >= 0.3 is 0 Å². The third-order valence-corrected chi connectivity index (χ3v) is 3.24. The Morgan fingerprint density at radius 3 is 2.57 bits per heavy atom. The summed E-state index contributed by atoms with van der Waals surface area (Å²) in [5.41, 5.74) is 2.01. The summed E-state index contributed by atoms with van der Waals surface area (Å²) in [6, 6.07) is 15.7. The van der Waals surface area contributed by atoms with E-state index in [0.29, 0.717) is 19.1 Å². The van der Waals surface area contributed by atoms with E-state index in [1.807, 2.05) is 55.5 Å². The smallest absolute Gasteiger partial charge is 0.123 e. The molecule has 0 spiro atoms. The average molecular weight is 306 g/mol. The monoisotopic (exact) mass is 305 g/mol. The molecule has 0 heterocycles. The van der Waals surface area contributed by atoms with E-state index in [2.05, 4.69) is 5.32 Å². The van der Waals surface area contributed by atoms with Crippen LogP contribution in [-0.4, -0.2) is 19.8 Å². The predicted molar refractivity (Wildman–Crippen MR) is 87.6 cm³/mol. The van der Waals surface area contributed by atoms with Crippen molar-refractivity contribution < 1.29 is 9.47 Å². The first-order valence-corrected chi connectivity index (χ1v) is 7.60. The van der Waals surface area contributed by atoms with Crippen LogP contribution in [-0.2, 0) is 5.88 Å². The van der Waals surface area contributed by atoms with Gasteiger partial charge in [-0.15, -0.1) is 11.6 Å². The highest BCUT2D eigenvalue weighted by molar-refractivity contribution is 6.17. The fourth-order valence-electron chi connectivity index (χ4n) is 1.97. The number of rotatable bonds is 8. The molecule has 0 atom stereocenters. The molecule has 2 aromatic rings. The van der Waals surface area contributed by atoms with Crippen LogP contribution in [0.2, 0.25) is 0 Å². The quantitative estimate of drug-likeness (QED) is 0.582. The van der Waals surface area contributed by atoms with Gasteiger partial charge in [-0.1, -0.05) is 18.2 Å². The Balaban J connectivity index is 1.83. The Labute approximate surface area is 130 Å². The lowest BCUT2D eigenvalue weighted by Crippen LogP contribution is -2.11. The van der Waals surface area contributed by atoms with Gasteiger partial charge in [-0.05, 0) is 37.3 Å². The highest BCUT2D eigenvalue weighted by Crippen LogP contribution is 2.24. The maximum atomic E-state index is 5.95. The number of hydrogen-bond acceptors (Lipinski definition) is 3. The van der Waals surface area contributed by atoms with Crippen LogP contribution in [0.5, 0.6) is 11.5 Å². The molecule has 0 aliphatic rings. The van der Waals surface area contributed by atoms with Crippen molar-refractivity contribution in [1.82, 2.24) is 0 Å². The maximum Gasteiger partial charge on any atom is 0.123 e. The fraction of sp³-hybridized carbons (Fsp3) is 0.294. The third-order valence-electron chi connectivity index (χ3n) is 2.95. The number of benzene rings is 2. The SMILES string of the molecule is CCOc1ccc(NCCOc2ccccc2)cc1CCl. The Morgan fingerprint density at radius 2 is 1.86 bits per heavy atom. The topological polar surface area (TPSA) is 30.5 Å². The van der Waals surface area contributed by atoms with Crippen molar-refractivity contribution in [3.8, 4) is 11.5 Å². The summed E-state index contributed by atoms with van der Waals surface area (Å²) in [7, 11) is 0. The van der Waals surface area contributed by atoms with E-state index >= 15 is 0 Å². The molecule has 112 valence electrons. The van der Waals surface area contributed by atoms with Crippen LogP contribution < -0.4 is 14.8 Å². The van der Waals surface area contributed by atoms with E-state index in [1.54, 1.807) is 0 Å². The minimum Gasteiger partial charge on any atom is -0.494 e. The van der Waals surface area contributed by atoms with Crippen molar-refractivity contribution in [2.75, 3.05) is 25.1 Å². The summed E-state index contributed by atoms with van der Waals surface area (Å²) in [5.74, 6) is 2.16. The molecular weight excluding hydrogens is 286 g/mol. The molecule has 3 nitrogen and oxygen atoms in total. The lowest BCUT2D eigenvalue weighted by molar-refractivity contribution is 0.332. The lowest BCUT2D eigenvalue weighted by atomic mass is 10.2. The molecule has 0 bridgehead atoms. The summed E-state index contributed by atoms with van der Waals surface area (Å²) >= 11 is 5.95. The zero-order valence-corrected chi connectivity index (χ0v) is 12.9. The molecule has 0 radical (unpaired) electrons. The average Bonchev–Trinajstić information content (AvgIpc) is 2.54. The van der Waals surface area contributed by atoms with Gasteiger partial charge in [-0.25, -0.2) is 0 Å². The van der Waals surface area contributed by atoms with E-state index in [9.17, 15) is 0 Å². The van der Waals surface area contributed by atoms with Gasteiger partial charge in [0, 0.05) is 17.8 Å². The molecule has 2 aromatic carbocycles. The van der Waals surface area contributed by atoms with Gasteiger partial charge in [0.15, 0.2) is 0 Å². The van der Waals surface area contributed by atoms with Gasteiger partial charge in [0.25, 0.3) is 0 Å². The maximum absolute atomic E-state index is 5.95. The van der Waals surface area contributed by atoms with Gasteiger partial charge in [-0.3, -0.25) is 0 Å². The normalized spacial score (nSPS) is 10.2. The van der Waals surface area contributed by atoms with Crippen LogP contribution in [0.1, 0.15) is 12.5 Å². The first kappa shape index (κ1) is 15.5. The Kier molecular flexibility index (Phi) is 6.22. The van der Waals surface area contributed by atoms with Crippen LogP contribution in [0.4, 0.5) is 5.69 Å². The van der Waals surface area contributed by atoms with Crippen molar-refractivity contribution in [2.45, 2.75) is 12.8 Å². The Morgan fingerprint density at radius 1 is 1.05 bits per heavy atom. The molecule has 2 rings (SSSR count). The van der Waals surface area contributed by atoms with E-state index in [-0.39, 0.29) is 0 Å². The highest BCUT2D eigenvalue weighted by atomic mass is 35.5. The van der Waals surface area contributed by atoms with Crippen molar-refractivity contribution >= 4 is 17.3 Å². The minimum absolute atomic E-state index is 0.436. The lowest BCUT2D eigenvalue weighted by Gasteiger charge is -2.12. The molecule has 0 aromatic heterocycles. The highest BCUT2D eigenvalue weighted by Gasteiger charge is 2.03. The van der Waals surface area contributed by atoms with Gasteiger partial charge in [0.05, 0.1) is 12.5 Å². The van der Waals surface area contributed by atoms with E-state index in [4.69, 9.17) is 21.1 Å². The summed E-state index contributed by atoms with van der Waals surface area (Å²) in [5, 5.41) is 3.32. The minimum atomic E-state index is 0.436. The van der Waals surface area contributed by atoms with Gasteiger partial charge in [0.1, 0.15) is 18.1 Å². The molecule has 0 unspecified atom stereocenters. The number of halogens is 1. The molecule has 0 saturated carbocycles. The Hall–Kier alpha value is -1.87. The number of nitrogens with one attached hydrogen (secondary N) is 1. The molecular formula is C17H20ClNO2. The van der Waals surface area contributed by atoms with Crippen LogP contribution in [0.25, 0.3) is 0 Å². The van der Waals surface area contributed by atoms with Crippen LogP contribution in [0.15, 0.2) is 48.5 Å². The van der Waals surface area contributed by atoms with Crippen LogP contribution in [0.3, 0.4) is 0 Å². The van der Waals surface area contributed by atoms with Crippen molar-refractivity contribution in [1.29, 1.82) is 0 Å². The van der Waals surface area contributed by atoms with Gasteiger partial charge in [0.2, 0.25) is 0 Å². The van der Waals surface area contributed by atoms with Crippen LogP contribution >= 0.6 is 11.6 Å². The van der Waals surface area contributed by atoms with Crippen molar-refractivity contribution in [3.05, 3.63) is 54.1 Å². The van der Waals surface area contributed by atoms with Crippen molar-refractivity contribution in [2.24, 2.45) is 0 Å². The number of hydrogen-bond donors (Lipinski definition) is 1. The second-order valence-electron chi connectivity index (χ2n) is 4.48. The zero-order chi connectivity index (χ0) is 14.9. The molecule has 0 amide bonds. The standard InChI is InChI=1S/C17H20ClNO2/c1-2-20-17-9-8-15(12-14(17)13-18)19-10-11-21-16-6-4-3-5-7-16/h3-9,12,19H,2,10-11,13H2,1H3. The number of ether oxygens (including phenoxy) is 2. The van der Waals surface area contributed by atoms with Crippen molar-refractivity contribution in [3.63, 3.8) is 0 Å². The first-order chi connectivity index (χ1) is 10.3. The molecule has 21 heavy (non-hydrogen) atoms. The van der Waals surface area contributed by atoms with Gasteiger partial charge in [-0.2, -0.15) is 0 Å². The van der Waals surface area contributed by atoms with Gasteiger partial charge < -0.3 is 14.8 Å². The number of anilines is 1.